The summed E-state index contributed by atoms with van der Waals surface area (Å²) in [6.45, 7) is 4.64. The van der Waals surface area contributed by atoms with Gasteiger partial charge >= 0.3 is 6.03 Å². The van der Waals surface area contributed by atoms with Gasteiger partial charge in [0.25, 0.3) is 0 Å². The zero-order chi connectivity index (χ0) is 14.5. The number of rotatable bonds is 4. The second-order valence-electron chi connectivity index (χ2n) is 5.06. The average Bonchev–Trinajstić information content (AvgIpc) is 2.88. The smallest absolute Gasteiger partial charge is 0.315 e. The van der Waals surface area contributed by atoms with Gasteiger partial charge in [0.15, 0.2) is 0 Å². The molecule has 0 saturated heterocycles. The lowest BCUT2D eigenvalue weighted by molar-refractivity contribution is -0.117. The van der Waals surface area contributed by atoms with Crippen LogP contribution in [0.5, 0.6) is 0 Å². The summed E-state index contributed by atoms with van der Waals surface area (Å²) in [6, 6.07) is 7.70. The first-order valence-corrected chi connectivity index (χ1v) is 7.04. The molecule has 0 bridgehead atoms. The highest BCUT2D eigenvalue weighted by Gasteiger charge is 2.24. The Labute approximate surface area is 119 Å². The molecule has 0 aliphatic carbocycles. The van der Waals surface area contributed by atoms with Gasteiger partial charge in [0.1, 0.15) is 0 Å². The van der Waals surface area contributed by atoms with Crippen molar-refractivity contribution in [2.45, 2.75) is 32.7 Å². The molecule has 3 amide bonds. The minimum atomic E-state index is -0.291. The number of amides is 3. The zero-order valence-corrected chi connectivity index (χ0v) is 12.0. The number of para-hydroxylation sites is 1. The lowest BCUT2D eigenvalue weighted by Crippen LogP contribution is -2.45. The molecule has 5 nitrogen and oxygen atoms in total. The predicted octanol–water partition coefficient (Wildman–Crippen LogP) is 1.67. The van der Waals surface area contributed by atoms with Crippen LogP contribution in [0.2, 0.25) is 0 Å². The number of nitrogens with one attached hydrogen (secondary N) is 2. The molecule has 1 heterocycles. The number of carbonyl (C=O) groups excluding carboxylic acids is 2. The molecule has 2 N–H and O–H groups in total. The van der Waals surface area contributed by atoms with Gasteiger partial charge in [-0.3, -0.25) is 4.79 Å². The number of urea groups is 1. The normalized spacial score (nSPS) is 14.6. The molecule has 2 rings (SSSR count). The molecule has 1 atom stereocenters. The van der Waals surface area contributed by atoms with Crippen LogP contribution >= 0.6 is 0 Å². The highest BCUT2D eigenvalue weighted by atomic mass is 16.2. The fraction of sp³-hybridized carbons (Fsp3) is 0.467. The minimum Gasteiger partial charge on any atom is -0.336 e. The Kier molecular flexibility index (Phi) is 4.61. The Bertz CT molecular complexity index is 502. The lowest BCUT2D eigenvalue weighted by Gasteiger charge is -2.18. The van der Waals surface area contributed by atoms with E-state index in [0.29, 0.717) is 6.54 Å². The van der Waals surface area contributed by atoms with E-state index in [1.54, 1.807) is 4.90 Å². The first-order chi connectivity index (χ1) is 9.61. The van der Waals surface area contributed by atoms with Crippen molar-refractivity contribution in [1.29, 1.82) is 0 Å². The largest absolute Gasteiger partial charge is 0.336 e. The maximum atomic E-state index is 12.2. The second kappa shape index (κ2) is 6.41. The summed E-state index contributed by atoms with van der Waals surface area (Å²) >= 11 is 0. The van der Waals surface area contributed by atoms with Crippen LogP contribution < -0.4 is 15.5 Å². The third-order valence-electron chi connectivity index (χ3n) is 3.58. The Balaban J connectivity index is 1.86. The Morgan fingerprint density at radius 1 is 1.35 bits per heavy atom. The Morgan fingerprint density at radius 3 is 2.85 bits per heavy atom. The summed E-state index contributed by atoms with van der Waals surface area (Å²) < 4.78 is 0. The van der Waals surface area contributed by atoms with E-state index < -0.39 is 0 Å². The van der Waals surface area contributed by atoms with Gasteiger partial charge in [-0.25, -0.2) is 4.79 Å². The van der Waals surface area contributed by atoms with Gasteiger partial charge < -0.3 is 15.5 Å². The monoisotopic (exact) mass is 275 g/mol. The molecule has 0 unspecified atom stereocenters. The van der Waals surface area contributed by atoms with E-state index in [-0.39, 0.29) is 24.5 Å². The first kappa shape index (κ1) is 14.4. The van der Waals surface area contributed by atoms with E-state index in [0.717, 1.165) is 18.5 Å². The topological polar surface area (TPSA) is 61.4 Å². The molecule has 0 spiro atoms. The molecule has 5 heteroatoms. The van der Waals surface area contributed by atoms with Crippen molar-refractivity contribution < 1.29 is 9.59 Å². The molecule has 1 aromatic rings. The highest BCUT2D eigenvalue weighted by Crippen LogP contribution is 2.27. The number of benzene rings is 1. The van der Waals surface area contributed by atoms with Gasteiger partial charge in [0.2, 0.25) is 5.91 Å². The van der Waals surface area contributed by atoms with E-state index in [1.807, 2.05) is 38.1 Å². The summed E-state index contributed by atoms with van der Waals surface area (Å²) in [7, 11) is 0. The fourth-order valence-corrected chi connectivity index (χ4v) is 2.23. The minimum absolute atomic E-state index is 0.0244. The third-order valence-corrected chi connectivity index (χ3v) is 3.58. The van der Waals surface area contributed by atoms with E-state index >= 15 is 0 Å². The lowest BCUT2D eigenvalue weighted by atomic mass is 10.2. The van der Waals surface area contributed by atoms with E-state index in [2.05, 4.69) is 10.6 Å². The third kappa shape index (κ3) is 3.29. The van der Waals surface area contributed by atoms with Crippen LogP contribution in [0, 0.1) is 0 Å². The molecule has 20 heavy (non-hydrogen) atoms. The molecular formula is C15H21N3O2. The van der Waals surface area contributed by atoms with Crippen molar-refractivity contribution in [3.05, 3.63) is 29.8 Å². The van der Waals surface area contributed by atoms with Crippen molar-refractivity contribution >= 4 is 17.6 Å². The second-order valence-corrected chi connectivity index (χ2v) is 5.06. The van der Waals surface area contributed by atoms with Crippen LogP contribution in [0.15, 0.2) is 24.3 Å². The van der Waals surface area contributed by atoms with Crippen molar-refractivity contribution in [3.63, 3.8) is 0 Å². The molecule has 0 aromatic heterocycles. The number of anilines is 1. The average molecular weight is 275 g/mol. The number of hydrogen-bond acceptors (Lipinski definition) is 2. The van der Waals surface area contributed by atoms with E-state index in [1.165, 1.54) is 5.56 Å². The van der Waals surface area contributed by atoms with Crippen molar-refractivity contribution in [3.8, 4) is 0 Å². The number of carbonyl (C=O) groups is 2. The molecule has 0 fully saturated rings. The van der Waals surface area contributed by atoms with Gasteiger partial charge in [-0.15, -0.1) is 0 Å². The Hall–Kier alpha value is -2.04. The van der Waals surface area contributed by atoms with Crippen molar-refractivity contribution in [2.75, 3.05) is 18.0 Å². The van der Waals surface area contributed by atoms with Crippen LogP contribution in [0.3, 0.4) is 0 Å². The van der Waals surface area contributed by atoms with Crippen molar-refractivity contribution in [2.24, 2.45) is 0 Å². The maximum absolute atomic E-state index is 12.2. The zero-order valence-electron chi connectivity index (χ0n) is 12.0. The predicted molar refractivity (Wildman–Crippen MR) is 78.8 cm³/mol. The van der Waals surface area contributed by atoms with Gasteiger partial charge in [-0.1, -0.05) is 25.1 Å². The molecule has 1 aliphatic heterocycles. The maximum Gasteiger partial charge on any atom is 0.315 e. The van der Waals surface area contributed by atoms with Gasteiger partial charge in [0, 0.05) is 18.3 Å². The number of fused-ring (bicyclic) bond motifs is 1. The fourth-order valence-electron chi connectivity index (χ4n) is 2.23. The number of nitrogens with zero attached hydrogens (tertiary/aromatic N) is 1. The standard InChI is InChI=1S/C15H21N3O2/c1-3-11(2)17-15(20)16-10-14(19)18-9-8-12-6-4-5-7-13(12)18/h4-7,11H,3,8-10H2,1-2H3,(H2,16,17,20)/t11-/m0/s1. The van der Waals surface area contributed by atoms with Crippen LogP contribution in [-0.4, -0.2) is 31.1 Å². The SMILES string of the molecule is CC[C@H](C)NC(=O)NCC(=O)N1CCc2ccccc21. The van der Waals surface area contributed by atoms with Crippen LogP contribution in [0.4, 0.5) is 10.5 Å². The summed E-state index contributed by atoms with van der Waals surface area (Å²) in [5.74, 6) is -0.0748. The van der Waals surface area contributed by atoms with Gasteiger partial charge in [-0.2, -0.15) is 0 Å². The summed E-state index contributed by atoms with van der Waals surface area (Å²) in [4.78, 5) is 25.5. The Morgan fingerprint density at radius 2 is 2.10 bits per heavy atom. The van der Waals surface area contributed by atoms with Crippen LogP contribution in [0.1, 0.15) is 25.8 Å². The molecule has 1 aromatic carbocycles. The van der Waals surface area contributed by atoms with Crippen LogP contribution in [-0.2, 0) is 11.2 Å². The summed E-state index contributed by atoms with van der Waals surface area (Å²) in [5.41, 5.74) is 2.14. The molecule has 1 aliphatic rings. The summed E-state index contributed by atoms with van der Waals surface area (Å²) in [5, 5.41) is 5.39. The van der Waals surface area contributed by atoms with Crippen LogP contribution in [0.25, 0.3) is 0 Å². The quantitative estimate of drug-likeness (QED) is 0.878. The molecule has 0 saturated carbocycles. The van der Waals surface area contributed by atoms with E-state index in [4.69, 9.17) is 0 Å². The molecule has 0 radical (unpaired) electrons. The first-order valence-electron chi connectivity index (χ1n) is 7.04. The van der Waals surface area contributed by atoms with Crippen molar-refractivity contribution in [1.82, 2.24) is 10.6 Å². The van der Waals surface area contributed by atoms with Gasteiger partial charge in [0.05, 0.1) is 6.54 Å². The van der Waals surface area contributed by atoms with Gasteiger partial charge in [-0.05, 0) is 31.4 Å². The highest BCUT2D eigenvalue weighted by molar-refractivity contribution is 5.98. The van der Waals surface area contributed by atoms with E-state index in [9.17, 15) is 9.59 Å². The number of hydrogen-bond donors (Lipinski definition) is 2. The molecule has 108 valence electrons. The molecular weight excluding hydrogens is 254 g/mol. The summed E-state index contributed by atoms with van der Waals surface area (Å²) in [6.07, 6.45) is 1.74.